The van der Waals surface area contributed by atoms with Gasteiger partial charge in [-0.3, -0.25) is 4.79 Å². The Morgan fingerprint density at radius 3 is 2.55 bits per heavy atom. The number of para-hydroxylation sites is 1. The fourth-order valence-corrected chi connectivity index (χ4v) is 2.48. The van der Waals surface area contributed by atoms with Crippen LogP contribution in [0.25, 0.3) is 21.9 Å². The van der Waals surface area contributed by atoms with Crippen molar-refractivity contribution in [2.24, 2.45) is 0 Å². The van der Waals surface area contributed by atoms with Gasteiger partial charge in [-0.05, 0) is 37.1 Å². The predicted molar refractivity (Wildman–Crippen MR) is 79.2 cm³/mol. The van der Waals surface area contributed by atoms with Crippen LogP contribution in [0.2, 0.25) is 0 Å². The summed E-state index contributed by atoms with van der Waals surface area (Å²) in [5, 5.41) is 1.11. The molecule has 3 aromatic rings. The minimum absolute atomic E-state index is 0.0444. The quantitative estimate of drug-likeness (QED) is 0.528. The number of aryl methyl sites for hydroxylation is 2. The van der Waals surface area contributed by atoms with E-state index in [4.69, 9.17) is 4.42 Å². The molecule has 100 valence electrons. The normalized spacial score (nSPS) is 11.1. The molecular formula is C17H14O3. The van der Waals surface area contributed by atoms with Gasteiger partial charge < -0.3 is 9.21 Å². The van der Waals surface area contributed by atoms with Crippen molar-refractivity contribution in [3.8, 4) is 0 Å². The highest BCUT2D eigenvalue weighted by molar-refractivity contribution is 5.93. The number of carbonyl (C=O) groups excluding carboxylic acids is 1. The summed E-state index contributed by atoms with van der Waals surface area (Å²) in [4.78, 5) is 23.3. The third-order valence-corrected chi connectivity index (χ3v) is 3.77. The van der Waals surface area contributed by atoms with Crippen LogP contribution in [0.1, 0.15) is 16.7 Å². The molecule has 0 saturated carbocycles. The van der Waals surface area contributed by atoms with E-state index >= 15 is 0 Å². The molecule has 0 atom stereocenters. The number of aldehydes is 1. The summed E-state index contributed by atoms with van der Waals surface area (Å²) in [5.41, 5.74) is 3.87. The minimum Gasteiger partial charge on any atom is -0.455 e. The van der Waals surface area contributed by atoms with Crippen molar-refractivity contribution < 1.29 is 9.21 Å². The van der Waals surface area contributed by atoms with Crippen LogP contribution >= 0.6 is 0 Å². The van der Waals surface area contributed by atoms with Gasteiger partial charge in [0.15, 0.2) is 0 Å². The molecule has 1 heterocycles. The van der Waals surface area contributed by atoms with Crippen LogP contribution in [0.4, 0.5) is 0 Å². The van der Waals surface area contributed by atoms with Gasteiger partial charge in [0, 0.05) is 12.0 Å². The van der Waals surface area contributed by atoms with E-state index in [1.807, 2.05) is 26.0 Å². The van der Waals surface area contributed by atoms with Crippen LogP contribution in [0.5, 0.6) is 0 Å². The topological polar surface area (TPSA) is 47.3 Å². The molecule has 0 aliphatic rings. The Balaban J connectivity index is 2.55. The Morgan fingerprint density at radius 2 is 1.80 bits per heavy atom. The maximum Gasteiger partial charge on any atom is 0.200 e. The van der Waals surface area contributed by atoms with Gasteiger partial charge >= 0.3 is 0 Å². The average molecular weight is 266 g/mol. The molecule has 0 fully saturated rings. The minimum atomic E-state index is -0.0444. The molecule has 0 spiro atoms. The first-order valence-electron chi connectivity index (χ1n) is 6.51. The van der Waals surface area contributed by atoms with Crippen molar-refractivity contribution in [2.45, 2.75) is 20.3 Å². The van der Waals surface area contributed by atoms with Gasteiger partial charge in [0.1, 0.15) is 17.5 Å². The maximum atomic E-state index is 12.6. The third kappa shape index (κ3) is 1.74. The van der Waals surface area contributed by atoms with Crippen LogP contribution in [-0.4, -0.2) is 6.29 Å². The van der Waals surface area contributed by atoms with Crippen LogP contribution in [0.3, 0.4) is 0 Å². The molecule has 3 heteroatoms. The monoisotopic (exact) mass is 266 g/mol. The lowest BCUT2D eigenvalue weighted by Gasteiger charge is -2.08. The van der Waals surface area contributed by atoms with Gasteiger partial charge in [0.05, 0.1) is 10.8 Å². The summed E-state index contributed by atoms with van der Waals surface area (Å²) in [5.74, 6) is 0. The molecule has 0 aliphatic carbocycles. The van der Waals surface area contributed by atoms with E-state index in [-0.39, 0.29) is 11.8 Å². The van der Waals surface area contributed by atoms with Crippen molar-refractivity contribution in [2.75, 3.05) is 0 Å². The average Bonchev–Trinajstić information content (AvgIpc) is 2.45. The Labute approximate surface area is 115 Å². The van der Waals surface area contributed by atoms with Gasteiger partial charge in [-0.25, -0.2) is 0 Å². The summed E-state index contributed by atoms with van der Waals surface area (Å²) in [6, 6.07) is 9.07. The Morgan fingerprint density at radius 1 is 1.05 bits per heavy atom. The number of carbonyl (C=O) groups is 1. The summed E-state index contributed by atoms with van der Waals surface area (Å²) >= 11 is 0. The lowest BCUT2D eigenvalue weighted by Crippen LogP contribution is -2.05. The van der Waals surface area contributed by atoms with Crippen molar-refractivity contribution in [3.05, 3.63) is 57.2 Å². The lowest BCUT2D eigenvalue weighted by atomic mass is 10.0. The standard InChI is InChI=1S/C17H14O3/c1-10-6-7-14-15(19)13-5-3-4-12(8-9-18)17(13)20-16(14)11(10)2/h3-7,9H,8H2,1-2H3. The second kappa shape index (κ2) is 4.60. The van der Waals surface area contributed by atoms with Crippen LogP contribution < -0.4 is 5.43 Å². The fourth-order valence-electron chi connectivity index (χ4n) is 2.48. The largest absolute Gasteiger partial charge is 0.455 e. The predicted octanol–water partition coefficient (Wildman–Crippen LogP) is 3.30. The van der Waals surface area contributed by atoms with Gasteiger partial charge in [0.25, 0.3) is 0 Å². The second-order valence-corrected chi connectivity index (χ2v) is 4.98. The van der Waals surface area contributed by atoms with Gasteiger partial charge in [-0.2, -0.15) is 0 Å². The molecule has 20 heavy (non-hydrogen) atoms. The first-order chi connectivity index (χ1) is 9.63. The van der Waals surface area contributed by atoms with Crippen LogP contribution in [0, 0.1) is 13.8 Å². The summed E-state index contributed by atoms with van der Waals surface area (Å²) in [7, 11) is 0. The lowest BCUT2D eigenvalue weighted by molar-refractivity contribution is -0.107. The van der Waals surface area contributed by atoms with Crippen molar-refractivity contribution in [3.63, 3.8) is 0 Å². The summed E-state index contributed by atoms with van der Waals surface area (Å²) < 4.78 is 5.96. The third-order valence-electron chi connectivity index (χ3n) is 3.77. The molecule has 3 rings (SSSR count). The Kier molecular flexibility index (Phi) is 2.90. The molecule has 2 aromatic carbocycles. The fraction of sp³-hybridized carbons (Fsp3) is 0.176. The molecule has 0 saturated heterocycles. The molecule has 0 N–H and O–H groups in total. The number of hydrogen-bond acceptors (Lipinski definition) is 3. The highest BCUT2D eigenvalue weighted by Gasteiger charge is 2.12. The molecule has 0 radical (unpaired) electrons. The molecule has 3 nitrogen and oxygen atoms in total. The van der Waals surface area contributed by atoms with Crippen molar-refractivity contribution in [1.29, 1.82) is 0 Å². The van der Waals surface area contributed by atoms with Crippen molar-refractivity contribution in [1.82, 2.24) is 0 Å². The first-order valence-corrected chi connectivity index (χ1v) is 6.51. The number of fused-ring (bicyclic) bond motifs is 2. The van der Waals surface area contributed by atoms with E-state index < -0.39 is 0 Å². The molecule has 0 bridgehead atoms. The van der Waals surface area contributed by atoms with E-state index in [1.54, 1.807) is 18.2 Å². The second-order valence-electron chi connectivity index (χ2n) is 4.98. The van der Waals surface area contributed by atoms with Gasteiger partial charge in [-0.1, -0.05) is 18.2 Å². The zero-order valence-corrected chi connectivity index (χ0v) is 11.4. The van der Waals surface area contributed by atoms with E-state index in [9.17, 15) is 9.59 Å². The summed E-state index contributed by atoms with van der Waals surface area (Å²) in [6.45, 7) is 3.92. The van der Waals surface area contributed by atoms with Crippen molar-refractivity contribution >= 4 is 28.2 Å². The van der Waals surface area contributed by atoms with Crippen LogP contribution in [-0.2, 0) is 11.2 Å². The number of rotatable bonds is 2. The first kappa shape index (κ1) is 12.6. The molecule has 0 aliphatic heterocycles. The maximum absolute atomic E-state index is 12.6. The zero-order chi connectivity index (χ0) is 14.3. The molecule has 1 aromatic heterocycles. The SMILES string of the molecule is Cc1ccc2c(=O)c3cccc(CC=O)c3oc2c1C. The smallest absolute Gasteiger partial charge is 0.200 e. The van der Waals surface area contributed by atoms with E-state index in [2.05, 4.69) is 0 Å². The Bertz CT molecular complexity index is 888. The van der Waals surface area contributed by atoms with E-state index in [1.165, 1.54) is 0 Å². The van der Waals surface area contributed by atoms with Crippen LogP contribution in [0.15, 0.2) is 39.5 Å². The van der Waals surface area contributed by atoms with Gasteiger partial charge in [0.2, 0.25) is 5.43 Å². The zero-order valence-electron chi connectivity index (χ0n) is 11.4. The molecular weight excluding hydrogens is 252 g/mol. The highest BCUT2D eigenvalue weighted by atomic mass is 16.3. The highest BCUT2D eigenvalue weighted by Crippen LogP contribution is 2.25. The Hall–Kier alpha value is -2.42. The molecule has 0 unspecified atom stereocenters. The van der Waals surface area contributed by atoms with Gasteiger partial charge in [-0.15, -0.1) is 0 Å². The number of hydrogen-bond donors (Lipinski definition) is 0. The number of benzene rings is 2. The summed E-state index contributed by atoms with van der Waals surface area (Å²) in [6.07, 6.45) is 1.07. The molecule has 0 amide bonds. The van der Waals surface area contributed by atoms with E-state index in [0.717, 1.165) is 23.0 Å². The van der Waals surface area contributed by atoms with E-state index in [0.29, 0.717) is 21.9 Å².